The van der Waals surface area contributed by atoms with E-state index in [9.17, 15) is 13.2 Å². The fourth-order valence-corrected chi connectivity index (χ4v) is 3.17. The van der Waals surface area contributed by atoms with E-state index in [2.05, 4.69) is 4.74 Å². The molecule has 21 heavy (non-hydrogen) atoms. The maximum absolute atomic E-state index is 12.1. The largest absolute Gasteiger partial charge is 0.573 e. The van der Waals surface area contributed by atoms with E-state index < -0.39 is 6.36 Å². The number of hydrogen-bond acceptors (Lipinski definition) is 2. The number of benzene rings is 1. The van der Waals surface area contributed by atoms with E-state index in [0.29, 0.717) is 18.4 Å². The molecule has 0 aliphatic heterocycles. The first-order valence-corrected chi connectivity index (χ1v) is 7.52. The average molecular weight is 301 g/mol. The van der Waals surface area contributed by atoms with Crippen molar-refractivity contribution >= 4 is 0 Å². The lowest BCUT2D eigenvalue weighted by Crippen LogP contribution is -2.24. The first kappa shape index (κ1) is 16.1. The Morgan fingerprint density at radius 1 is 1.00 bits per heavy atom. The van der Waals surface area contributed by atoms with Crippen molar-refractivity contribution in [2.75, 3.05) is 6.54 Å². The number of rotatable bonds is 4. The van der Waals surface area contributed by atoms with E-state index in [4.69, 9.17) is 5.73 Å². The highest BCUT2D eigenvalue weighted by Crippen LogP contribution is 2.31. The number of alkyl halides is 3. The van der Waals surface area contributed by atoms with Crippen LogP contribution in [0.5, 0.6) is 5.75 Å². The standard InChI is InChI=1S/C16H22F3NO/c17-16(18,19)21-15-8-6-12(7-9-15)10-13-4-2-1-3-5-14(13)11-20/h6-9,13-14H,1-5,10-11,20H2. The molecule has 1 saturated carbocycles. The summed E-state index contributed by atoms with van der Waals surface area (Å²) in [7, 11) is 0. The Bertz CT molecular complexity index is 430. The van der Waals surface area contributed by atoms with Crippen LogP contribution in [0.4, 0.5) is 13.2 Å². The first-order chi connectivity index (χ1) is 9.98. The normalized spacial score (nSPS) is 23.6. The van der Waals surface area contributed by atoms with Crippen molar-refractivity contribution in [1.29, 1.82) is 0 Å². The molecule has 1 aliphatic carbocycles. The summed E-state index contributed by atoms with van der Waals surface area (Å²) in [5, 5.41) is 0. The van der Waals surface area contributed by atoms with Crippen LogP contribution in [0.25, 0.3) is 0 Å². The van der Waals surface area contributed by atoms with Gasteiger partial charge in [0.15, 0.2) is 0 Å². The maximum atomic E-state index is 12.1. The molecule has 2 nitrogen and oxygen atoms in total. The van der Waals surface area contributed by atoms with Crippen molar-refractivity contribution in [2.24, 2.45) is 17.6 Å². The van der Waals surface area contributed by atoms with Crippen LogP contribution in [0.1, 0.15) is 37.7 Å². The topological polar surface area (TPSA) is 35.2 Å². The van der Waals surface area contributed by atoms with E-state index in [1.807, 2.05) is 0 Å². The Labute approximate surface area is 123 Å². The van der Waals surface area contributed by atoms with Crippen LogP contribution in [-0.2, 0) is 6.42 Å². The highest BCUT2D eigenvalue weighted by atomic mass is 19.4. The molecule has 118 valence electrons. The molecular formula is C16H22F3NO. The first-order valence-electron chi connectivity index (χ1n) is 7.52. The van der Waals surface area contributed by atoms with Crippen molar-refractivity contribution in [2.45, 2.75) is 44.9 Å². The molecule has 0 amide bonds. The number of nitrogens with two attached hydrogens (primary N) is 1. The molecule has 0 radical (unpaired) electrons. The van der Waals surface area contributed by atoms with Gasteiger partial charge in [0, 0.05) is 0 Å². The van der Waals surface area contributed by atoms with Gasteiger partial charge in [0.1, 0.15) is 5.75 Å². The van der Waals surface area contributed by atoms with E-state index >= 15 is 0 Å². The third kappa shape index (κ3) is 5.23. The third-order valence-electron chi connectivity index (χ3n) is 4.27. The van der Waals surface area contributed by atoms with Crippen molar-refractivity contribution in [1.82, 2.24) is 0 Å². The van der Waals surface area contributed by atoms with Crippen LogP contribution in [0.3, 0.4) is 0 Å². The zero-order valence-electron chi connectivity index (χ0n) is 12.0. The fraction of sp³-hybridized carbons (Fsp3) is 0.625. The lowest BCUT2D eigenvalue weighted by atomic mass is 9.83. The van der Waals surface area contributed by atoms with Crippen molar-refractivity contribution < 1.29 is 17.9 Å². The van der Waals surface area contributed by atoms with Gasteiger partial charge in [-0.05, 0) is 55.3 Å². The highest BCUT2D eigenvalue weighted by molar-refractivity contribution is 5.27. The van der Waals surface area contributed by atoms with Gasteiger partial charge in [-0.3, -0.25) is 0 Å². The molecule has 2 atom stereocenters. The van der Waals surface area contributed by atoms with Crippen LogP contribution in [0.15, 0.2) is 24.3 Å². The molecule has 0 spiro atoms. The monoisotopic (exact) mass is 301 g/mol. The quantitative estimate of drug-likeness (QED) is 0.842. The molecule has 1 fully saturated rings. The Balaban J connectivity index is 1.98. The summed E-state index contributed by atoms with van der Waals surface area (Å²) >= 11 is 0. The van der Waals surface area contributed by atoms with Crippen molar-refractivity contribution in [3.63, 3.8) is 0 Å². The lowest BCUT2D eigenvalue weighted by Gasteiger charge is -2.24. The minimum Gasteiger partial charge on any atom is -0.406 e. The third-order valence-corrected chi connectivity index (χ3v) is 4.27. The van der Waals surface area contributed by atoms with Crippen LogP contribution in [0, 0.1) is 11.8 Å². The molecule has 0 aromatic heterocycles. The lowest BCUT2D eigenvalue weighted by molar-refractivity contribution is -0.274. The molecule has 1 aromatic rings. The maximum Gasteiger partial charge on any atom is 0.573 e. The van der Waals surface area contributed by atoms with Crippen LogP contribution < -0.4 is 10.5 Å². The zero-order valence-corrected chi connectivity index (χ0v) is 12.0. The van der Waals surface area contributed by atoms with E-state index in [0.717, 1.165) is 24.8 Å². The second-order valence-corrected chi connectivity index (χ2v) is 5.79. The predicted octanol–water partition coefficient (Wildman–Crippen LogP) is 4.28. The van der Waals surface area contributed by atoms with Crippen molar-refractivity contribution in [3.05, 3.63) is 29.8 Å². The van der Waals surface area contributed by atoms with Crippen LogP contribution in [0.2, 0.25) is 0 Å². The summed E-state index contributed by atoms with van der Waals surface area (Å²) in [5.41, 5.74) is 6.92. The van der Waals surface area contributed by atoms with E-state index in [1.165, 1.54) is 31.4 Å². The van der Waals surface area contributed by atoms with Gasteiger partial charge in [-0.1, -0.05) is 31.4 Å². The number of halogens is 3. The van der Waals surface area contributed by atoms with Gasteiger partial charge in [-0.25, -0.2) is 0 Å². The van der Waals surface area contributed by atoms with Gasteiger partial charge in [0.05, 0.1) is 0 Å². The Morgan fingerprint density at radius 3 is 2.19 bits per heavy atom. The summed E-state index contributed by atoms with van der Waals surface area (Å²) < 4.78 is 40.3. The summed E-state index contributed by atoms with van der Waals surface area (Å²) in [5.74, 6) is 0.896. The molecule has 5 heteroatoms. The number of hydrogen-bond donors (Lipinski definition) is 1. The van der Waals surface area contributed by atoms with Gasteiger partial charge in [-0.15, -0.1) is 13.2 Å². The smallest absolute Gasteiger partial charge is 0.406 e. The Hall–Kier alpha value is -1.23. The molecular weight excluding hydrogens is 279 g/mol. The van der Waals surface area contributed by atoms with Crippen LogP contribution >= 0.6 is 0 Å². The summed E-state index contributed by atoms with van der Waals surface area (Å²) in [6, 6.07) is 6.22. The highest BCUT2D eigenvalue weighted by Gasteiger charge is 2.31. The van der Waals surface area contributed by atoms with E-state index in [-0.39, 0.29) is 5.75 Å². The SMILES string of the molecule is NCC1CCCCCC1Cc1ccc(OC(F)(F)F)cc1. The van der Waals surface area contributed by atoms with E-state index in [1.54, 1.807) is 12.1 Å². The molecule has 0 saturated heterocycles. The molecule has 1 aromatic carbocycles. The molecule has 1 aliphatic rings. The van der Waals surface area contributed by atoms with Gasteiger partial charge >= 0.3 is 6.36 Å². The minimum atomic E-state index is -4.63. The average Bonchev–Trinajstić information content (AvgIpc) is 2.64. The predicted molar refractivity (Wildman–Crippen MR) is 75.9 cm³/mol. The zero-order chi connectivity index (χ0) is 15.3. The van der Waals surface area contributed by atoms with Gasteiger partial charge in [-0.2, -0.15) is 0 Å². The molecule has 2 rings (SSSR count). The van der Waals surface area contributed by atoms with Crippen LogP contribution in [-0.4, -0.2) is 12.9 Å². The summed E-state index contributed by atoms with van der Waals surface area (Å²) in [4.78, 5) is 0. The second kappa shape index (κ2) is 7.16. The minimum absolute atomic E-state index is 0.164. The Kier molecular flexibility index (Phi) is 5.51. The van der Waals surface area contributed by atoms with Gasteiger partial charge in [0.25, 0.3) is 0 Å². The fourth-order valence-electron chi connectivity index (χ4n) is 3.17. The Morgan fingerprint density at radius 2 is 1.62 bits per heavy atom. The molecule has 2 N–H and O–H groups in total. The van der Waals surface area contributed by atoms with Gasteiger partial charge in [0.2, 0.25) is 0 Å². The number of ether oxygens (including phenoxy) is 1. The molecule has 0 bridgehead atoms. The summed E-state index contributed by atoms with van der Waals surface area (Å²) in [6.45, 7) is 0.694. The summed E-state index contributed by atoms with van der Waals surface area (Å²) in [6.07, 6.45) is 2.28. The van der Waals surface area contributed by atoms with Gasteiger partial charge < -0.3 is 10.5 Å². The van der Waals surface area contributed by atoms with Crippen molar-refractivity contribution in [3.8, 4) is 5.75 Å². The molecule has 2 unspecified atom stereocenters. The second-order valence-electron chi connectivity index (χ2n) is 5.79. The molecule has 0 heterocycles.